The minimum absolute atomic E-state index is 0.113. The van der Waals surface area contributed by atoms with Crippen LogP contribution in [0.4, 0.5) is 13.2 Å². The van der Waals surface area contributed by atoms with Crippen LogP contribution >= 0.6 is 0 Å². The zero-order valence-electron chi connectivity index (χ0n) is 20.0. The Bertz CT molecular complexity index is 1230. The van der Waals surface area contributed by atoms with E-state index in [4.69, 9.17) is 4.74 Å². The van der Waals surface area contributed by atoms with Crippen molar-refractivity contribution in [2.45, 2.75) is 50.9 Å². The molecule has 0 unspecified atom stereocenters. The van der Waals surface area contributed by atoms with E-state index in [1.54, 1.807) is 42.5 Å². The van der Waals surface area contributed by atoms with E-state index < -0.39 is 29.3 Å². The van der Waals surface area contributed by atoms with Crippen LogP contribution in [0, 0.1) is 11.3 Å². The van der Waals surface area contributed by atoms with Crippen LogP contribution in [0.5, 0.6) is 11.6 Å². The molecule has 9 heteroatoms. The first-order valence-electron chi connectivity index (χ1n) is 11.2. The van der Waals surface area contributed by atoms with E-state index in [9.17, 15) is 28.3 Å². The monoisotopic (exact) mass is 497 g/mol. The van der Waals surface area contributed by atoms with Crippen molar-refractivity contribution < 1.29 is 27.8 Å². The van der Waals surface area contributed by atoms with Crippen molar-refractivity contribution in [1.29, 1.82) is 5.26 Å². The molecule has 1 aromatic heterocycles. The maximum atomic E-state index is 13.1. The Morgan fingerprint density at radius 2 is 1.83 bits per heavy atom. The second-order valence-electron chi connectivity index (χ2n) is 8.97. The van der Waals surface area contributed by atoms with Crippen molar-refractivity contribution in [2.75, 3.05) is 0 Å². The molecule has 0 aliphatic carbocycles. The van der Waals surface area contributed by atoms with Crippen LogP contribution in [0.2, 0.25) is 0 Å². The SMILES string of the molecule is C[C@H](NC(=O)C(C)(C)Oc1ccc(C(F)(F)F)cn1)[C@@H](Cc1ccc(O)cc1)c1cccc(C#N)c1. The van der Waals surface area contributed by atoms with Crippen molar-refractivity contribution in [3.63, 3.8) is 0 Å². The van der Waals surface area contributed by atoms with Crippen LogP contribution in [0.25, 0.3) is 0 Å². The summed E-state index contributed by atoms with van der Waals surface area (Å²) in [7, 11) is 0. The molecule has 3 aromatic rings. The highest BCUT2D eigenvalue weighted by atomic mass is 19.4. The summed E-state index contributed by atoms with van der Waals surface area (Å²) in [6, 6.07) is 17.5. The number of nitrogens with one attached hydrogen (secondary N) is 1. The van der Waals surface area contributed by atoms with Crippen molar-refractivity contribution >= 4 is 5.91 Å². The van der Waals surface area contributed by atoms with Gasteiger partial charge in [0.25, 0.3) is 5.91 Å². The Kier molecular flexibility index (Phi) is 7.88. The number of phenols is 1. The molecule has 6 nitrogen and oxygen atoms in total. The number of carbonyl (C=O) groups is 1. The zero-order valence-corrected chi connectivity index (χ0v) is 20.0. The fraction of sp³-hybridized carbons (Fsp3) is 0.296. The van der Waals surface area contributed by atoms with E-state index in [1.807, 2.05) is 13.0 Å². The number of benzene rings is 2. The summed E-state index contributed by atoms with van der Waals surface area (Å²) in [5.41, 5.74) is -0.0940. The first-order valence-corrected chi connectivity index (χ1v) is 11.2. The lowest BCUT2D eigenvalue weighted by Gasteiger charge is -2.30. The van der Waals surface area contributed by atoms with Gasteiger partial charge in [0.05, 0.1) is 17.2 Å². The van der Waals surface area contributed by atoms with Gasteiger partial charge in [-0.2, -0.15) is 18.4 Å². The number of hydrogen-bond donors (Lipinski definition) is 2. The topological polar surface area (TPSA) is 95.2 Å². The highest BCUT2D eigenvalue weighted by Gasteiger charge is 2.34. The number of rotatable bonds is 8. The maximum absolute atomic E-state index is 13.1. The lowest BCUT2D eigenvalue weighted by Crippen LogP contribution is -2.51. The predicted molar refractivity (Wildman–Crippen MR) is 127 cm³/mol. The fourth-order valence-electron chi connectivity index (χ4n) is 3.71. The molecule has 2 N–H and O–H groups in total. The molecule has 0 saturated carbocycles. The van der Waals surface area contributed by atoms with Crippen molar-refractivity contribution in [1.82, 2.24) is 10.3 Å². The third-order valence-electron chi connectivity index (χ3n) is 5.77. The molecule has 2 aromatic carbocycles. The van der Waals surface area contributed by atoms with Gasteiger partial charge >= 0.3 is 6.18 Å². The van der Waals surface area contributed by atoms with Gasteiger partial charge in [0.2, 0.25) is 5.88 Å². The summed E-state index contributed by atoms with van der Waals surface area (Å²) in [4.78, 5) is 16.8. The summed E-state index contributed by atoms with van der Waals surface area (Å²) in [6.07, 6.45) is -3.36. The Morgan fingerprint density at radius 3 is 2.42 bits per heavy atom. The van der Waals surface area contributed by atoms with Crippen LogP contribution in [0.15, 0.2) is 66.9 Å². The number of halogens is 3. The predicted octanol–water partition coefficient (Wildman–Crippen LogP) is 5.37. The summed E-state index contributed by atoms with van der Waals surface area (Å²) >= 11 is 0. The van der Waals surface area contributed by atoms with Crippen molar-refractivity contribution in [2.24, 2.45) is 0 Å². The molecule has 0 aliphatic rings. The molecule has 188 valence electrons. The number of carbonyl (C=O) groups excluding carboxylic acids is 1. The second-order valence-corrected chi connectivity index (χ2v) is 8.97. The second kappa shape index (κ2) is 10.7. The standard InChI is InChI=1S/C27H26F3N3O3/c1-17(33-25(35)26(2,3)36-24-12-9-21(16-32-24)27(28,29)30)23(14-18-7-10-22(34)11-8-18)20-6-4-5-19(13-20)15-31/h4-13,16-17,23,34H,14H2,1-3H3,(H,33,35)/t17-,23+/m0/s1. The number of amides is 1. The number of aromatic hydroxyl groups is 1. The molecular formula is C27H26F3N3O3. The third-order valence-corrected chi connectivity index (χ3v) is 5.77. The first-order chi connectivity index (χ1) is 16.9. The van der Waals surface area contributed by atoms with Gasteiger partial charge in [-0.05, 0) is 68.7 Å². The Balaban J connectivity index is 1.79. The van der Waals surface area contributed by atoms with Gasteiger partial charge < -0.3 is 15.2 Å². The number of ether oxygens (including phenoxy) is 1. The number of pyridine rings is 1. The minimum Gasteiger partial charge on any atom is -0.508 e. The molecule has 1 heterocycles. The Labute approximate surface area is 207 Å². The molecule has 0 spiro atoms. The molecule has 1 amide bonds. The van der Waals surface area contributed by atoms with Gasteiger partial charge in [-0.25, -0.2) is 4.98 Å². The largest absolute Gasteiger partial charge is 0.508 e. The van der Waals surface area contributed by atoms with Crippen LogP contribution in [0.3, 0.4) is 0 Å². The molecular weight excluding hydrogens is 471 g/mol. The smallest absolute Gasteiger partial charge is 0.417 e. The number of phenolic OH excluding ortho intramolecular Hbond substituents is 1. The summed E-state index contributed by atoms with van der Waals surface area (Å²) < 4.78 is 44.0. The van der Waals surface area contributed by atoms with Crippen LogP contribution in [0.1, 0.15) is 48.9 Å². The summed E-state index contributed by atoms with van der Waals surface area (Å²) in [6.45, 7) is 4.83. The molecule has 0 radical (unpaired) electrons. The van der Waals surface area contributed by atoms with Gasteiger partial charge in [0.15, 0.2) is 5.60 Å². The average Bonchev–Trinajstić information content (AvgIpc) is 2.83. The highest BCUT2D eigenvalue weighted by molar-refractivity contribution is 5.85. The number of hydrogen-bond acceptors (Lipinski definition) is 5. The Morgan fingerprint density at radius 1 is 1.14 bits per heavy atom. The molecule has 36 heavy (non-hydrogen) atoms. The van der Waals surface area contributed by atoms with Gasteiger partial charge in [-0.15, -0.1) is 0 Å². The molecule has 0 aliphatic heterocycles. The molecule has 0 bridgehead atoms. The zero-order chi connectivity index (χ0) is 26.5. The van der Waals surface area contributed by atoms with E-state index >= 15 is 0 Å². The van der Waals surface area contributed by atoms with E-state index in [1.165, 1.54) is 13.8 Å². The lowest BCUT2D eigenvalue weighted by molar-refractivity contribution is -0.138. The average molecular weight is 498 g/mol. The number of nitriles is 1. The van der Waals surface area contributed by atoms with E-state index in [0.717, 1.165) is 23.3 Å². The van der Waals surface area contributed by atoms with Crippen molar-refractivity contribution in [3.8, 4) is 17.7 Å². The van der Waals surface area contributed by atoms with Gasteiger partial charge in [-0.1, -0.05) is 24.3 Å². The molecule has 3 rings (SSSR count). The first kappa shape index (κ1) is 26.5. The molecule has 2 atom stereocenters. The van der Waals surface area contributed by atoms with Crippen molar-refractivity contribution in [3.05, 3.63) is 89.1 Å². The lowest BCUT2D eigenvalue weighted by atomic mass is 9.85. The number of nitrogens with zero attached hydrogens (tertiary/aromatic N) is 2. The van der Waals surface area contributed by atoms with Gasteiger partial charge in [0, 0.05) is 24.2 Å². The van der Waals surface area contributed by atoms with Crippen LogP contribution in [-0.2, 0) is 17.4 Å². The van der Waals surface area contributed by atoms with E-state index in [2.05, 4.69) is 16.4 Å². The number of alkyl halides is 3. The van der Waals surface area contributed by atoms with E-state index in [0.29, 0.717) is 18.2 Å². The van der Waals surface area contributed by atoms with E-state index in [-0.39, 0.29) is 17.5 Å². The maximum Gasteiger partial charge on any atom is 0.417 e. The normalized spacial score (nSPS) is 13.4. The van der Waals surface area contributed by atoms with Crippen LogP contribution in [-0.4, -0.2) is 27.6 Å². The van der Waals surface area contributed by atoms with Crippen LogP contribution < -0.4 is 10.1 Å². The molecule has 0 fully saturated rings. The Hall–Kier alpha value is -4.06. The third kappa shape index (κ3) is 6.75. The van der Waals surface area contributed by atoms with Gasteiger partial charge in [0.1, 0.15) is 5.75 Å². The van der Waals surface area contributed by atoms with Gasteiger partial charge in [-0.3, -0.25) is 4.79 Å². The summed E-state index contributed by atoms with van der Waals surface area (Å²) in [5.74, 6) is -0.687. The quantitative estimate of drug-likeness (QED) is 0.437. The summed E-state index contributed by atoms with van der Waals surface area (Å²) in [5, 5.41) is 21.9. The number of aromatic nitrogens is 1. The minimum atomic E-state index is -4.52. The highest BCUT2D eigenvalue weighted by Crippen LogP contribution is 2.30. The fourth-order valence-corrected chi connectivity index (χ4v) is 3.71. The molecule has 0 saturated heterocycles.